The minimum atomic E-state index is -0.552. The number of ether oxygens (including phenoxy) is 3. The fraction of sp³-hybridized carbons (Fsp3) is 0.125. The number of aldehydes is 1. The van der Waals surface area contributed by atoms with Crippen molar-refractivity contribution in [1.29, 1.82) is 0 Å². The third-order valence-corrected chi connectivity index (χ3v) is 3.39. The maximum absolute atomic E-state index is 11.6. The third kappa shape index (κ3) is 1.94. The molecule has 1 heterocycles. The zero-order valence-corrected chi connectivity index (χ0v) is 11.5. The topological polar surface area (TPSA) is 61.8 Å². The summed E-state index contributed by atoms with van der Waals surface area (Å²) in [6, 6.07) is 6.86. The van der Waals surface area contributed by atoms with Gasteiger partial charge in [-0.2, -0.15) is 0 Å². The van der Waals surface area contributed by atoms with Crippen LogP contribution in [0.5, 0.6) is 11.5 Å². The lowest BCUT2D eigenvalue weighted by Crippen LogP contribution is -2.13. The first-order valence-corrected chi connectivity index (χ1v) is 6.26. The standard InChI is InChI=1S/C16H12O5/c1-19-11-5-3-9-7-13(16(18)20-2)21-12-6-4-10(8-17)15(11)14(9)12/h3-8H,1-2H3. The molecule has 0 saturated heterocycles. The highest BCUT2D eigenvalue weighted by atomic mass is 16.6. The van der Waals surface area contributed by atoms with E-state index in [-0.39, 0.29) is 5.76 Å². The molecular weight excluding hydrogens is 272 g/mol. The van der Waals surface area contributed by atoms with Crippen LogP contribution < -0.4 is 9.47 Å². The van der Waals surface area contributed by atoms with E-state index in [1.807, 2.05) is 6.07 Å². The van der Waals surface area contributed by atoms with Crippen LogP contribution in [0.2, 0.25) is 0 Å². The van der Waals surface area contributed by atoms with E-state index in [0.717, 1.165) is 17.2 Å². The Bertz CT molecular complexity index is 789. The summed E-state index contributed by atoms with van der Waals surface area (Å²) < 4.78 is 15.6. The molecule has 0 radical (unpaired) electrons. The van der Waals surface area contributed by atoms with Gasteiger partial charge in [-0.3, -0.25) is 4.79 Å². The summed E-state index contributed by atoms with van der Waals surface area (Å²) in [5.41, 5.74) is 1.28. The molecule has 5 heteroatoms. The number of carbonyl (C=O) groups is 2. The van der Waals surface area contributed by atoms with Crippen molar-refractivity contribution in [1.82, 2.24) is 0 Å². The predicted octanol–water partition coefficient (Wildman–Crippen LogP) is 2.57. The van der Waals surface area contributed by atoms with Gasteiger partial charge < -0.3 is 14.2 Å². The zero-order chi connectivity index (χ0) is 15.0. The van der Waals surface area contributed by atoms with E-state index < -0.39 is 5.97 Å². The van der Waals surface area contributed by atoms with Crippen molar-refractivity contribution in [3.8, 4) is 11.5 Å². The summed E-state index contributed by atoms with van der Waals surface area (Å²) in [5.74, 6) is 0.628. The fourth-order valence-electron chi connectivity index (χ4n) is 2.45. The Labute approximate surface area is 120 Å². The molecular formula is C16H12O5. The molecule has 0 N–H and O–H groups in total. The molecule has 0 bridgehead atoms. The summed E-state index contributed by atoms with van der Waals surface area (Å²) >= 11 is 0. The van der Waals surface area contributed by atoms with E-state index >= 15 is 0 Å². The normalized spacial score (nSPS) is 12.4. The Morgan fingerprint density at radius 1 is 1.14 bits per heavy atom. The lowest BCUT2D eigenvalue weighted by atomic mass is 9.96. The summed E-state index contributed by atoms with van der Waals surface area (Å²) in [7, 11) is 2.83. The van der Waals surface area contributed by atoms with Gasteiger partial charge in [-0.15, -0.1) is 0 Å². The van der Waals surface area contributed by atoms with Gasteiger partial charge in [0.15, 0.2) is 6.29 Å². The second-order valence-corrected chi connectivity index (χ2v) is 4.48. The third-order valence-electron chi connectivity index (χ3n) is 3.39. The number of carbonyl (C=O) groups excluding carboxylic acids is 2. The van der Waals surface area contributed by atoms with Crippen molar-refractivity contribution in [2.45, 2.75) is 0 Å². The molecule has 0 aliphatic carbocycles. The van der Waals surface area contributed by atoms with Crippen molar-refractivity contribution in [3.63, 3.8) is 0 Å². The fourth-order valence-corrected chi connectivity index (χ4v) is 2.45. The molecule has 1 aliphatic heterocycles. The van der Waals surface area contributed by atoms with Crippen molar-refractivity contribution in [2.24, 2.45) is 0 Å². The van der Waals surface area contributed by atoms with Crippen LogP contribution in [0.15, 0.2) is 30.0 Å². The van der Waals surface area contributed by atoms with Crippen LogP contribution >= 0.6 is 0 Å². The monoisotopic (exact) mass is 284 g/mol. The summed E-state index contributed by atoms with van der Waals surface area (Å²) in [4.78, 5) is 22.9. The Balaban J connectivity index is 2.35. The van der Waals surface area contributed by atoms with Crippen LogP contribution in [0.1, 0.15) is 15.9 Å². The van der Waals surface area contributed by atoms with Crippen molar-refractivity contribution < 1.29 is 23.8 Å². The van der Waals surface area contributed by atoms with Crippen molar-refractivity contribution in [2.75, 3.05) is 14.2 Å². The van der Waals surface area contributed by atoms with E-state index in [0.29, 0.717) is 22.4 Å². The van der Waals surface area contributed by atoms with Gasteiger partial charge in [0.1, 0.15) is 11.5 Å². The van der Waals surface area contributed by atoms with E-state index in [9.17, 15) is 9.59 Å². The van der Waals surface area contributed by atoms with Crippen LogP contribution in [-0.2, 0) is 9.53 Å². The molecule has 2 aromatic rings. The van der Waals surface area contributed by atoms with Crippen LogP contribution in [0, 0.1) is 0 Å². The van der Waals surface area contributed by atoms with Crippen LogP contribution in [0.4, 0.5) is 0 Å². The highest BCUT2D eigenvalue weighted by Gasteiger charge is 2.23. The van der Waals surface area contributed by atoms with Gasteiger partial charge in [-0.1, -0.05) is 6.07 Å². The van der Waals surface area contributed by atoms with Gasteiger partial charge in [0, 0.05) is 16.3 Å². The van der Waals surface area contributed by atoms with Gasteiger partial charge in [0.2, 0.25) is 5.76 Å². The average Bonchev–Trinajstić information content (AvgIpc) is 2.54. The number of methoxy groups -OCH3 is 2. The molecule has 0 atom stereocenters. The highest BCUT2D eigenvalue weighted by Crippen LogP contribution is 2.41. The number of benzene rings is 2. The van der Waals surface area contributed by atoms with Crippen molar-refractivity contribution >= 4 is 29.1 Å². The summed E-state index contributed by atoms with van der Waals surface area (Å²) in [6.07, 6.45) is 2.36. The molecule has 1 aliphatic rings. The molecule has 0 fully saturated rings. The minimum Gasteiger partial charge on any atom is -0.496 e. The Morgan fingerprint density at radius 3 is 2.62 bits per heavy atom. The maximum atomic E-state index is 11.6. The Hall–Kier alpha value is -2.82. The lowest BCUT2D eigenvalue weighted by Gasteiger charge is -2.19. The van der Waals surface area contributed by atoms with E-state index in [1.54, 1.807) is 24.3 Å². The molecule has 0 saturated carbocycles. The molecule has 0 aromatic heterocycles. The number of hydrogen-bond donors (Lipinski definition) is 0. The van der Waals surface area contributed by atoms with Gasteiger partial charge in [-0.25, -0.2) is 4.79 Å². The van der Waals surface area contributed by atoms with Gasteiger partial charge >= 0.3 is 5.97 Å². The first kappa shape index (κ1) is 13.2. The van der Waals surface area contributed by atoms with Crippen molar-refractivity contribution in [3.05, 3.63) is 41.2 Å². The Morgan fingerprint density at radius 2 is 1.95 bits per heavy atom. The predicted molar refractivity (Wildman–Crippen MR) is 76.5 cm³/mol. The van der Waals surface area contributed by atoms with Gasteiger partial charge in [0.05, 0.1) is 14.2 Å². The molecule has 21 heavy (non-hydrogen) atoms. The molecule has 3 rings (SSSR count). The smallest absolute Gasteiger partial charge is 0.373 e. The second kappa shape index (κ2) is 4.94. The number of rotatable bonds is 3. The molecule has 106 valence electrons. The minimum absolute atomic E-state index is 0.107. The zero-order valence-electron chi connectivity index (χ0n) is 11.5. The lowest BCUT2D eigenvalue weighted by molar-refractivity contribution is -0.138. The average molecular weight is 284 g/mol. The molecule has 5 nitrogen and oxygen atoms in total. The quantitative estimate of drug-likeness (QED) is 0.640. The summed E-state index contributed by atoms with van der Waals surface area (Å²) in [6.45, 7) is 0. The van der Waals surface area contributed by atoms with Crippen LogP contribution in [0.3, 0.4) is 0 Å². The second-order valence-electron chi connectivity index (χ2n) is 4.48. The number of hydrogen-bond acceptors (Lipinski definition) is 5. The largest absolute Gasteiger partial charge is 0.496 e. The molecule has 0 unspecified atom stereocenters. The maximum Gasteiger partial charge on any atom is 0.373 e. The first-order chi connectivity index (χ1) is 10.2. The molecule has 0 spiro atoms. The van der Waals surface area contributed by atoms with Gasteiger partial charge in [-0.05, 0) is 29.8 Å². The summed E-state index contributed by atoms with van der Waals surface area (Å²) in [5, 5.41) is 1.41. The van der Waals surface area contributed by atoms with E-state index in [2.05, 4.69) is 4.74 Å². The van der Waals surface area contributed by atoms with Gasteiger partial charge in [0.25, 0.3) is 0 Å². The Kier molecular flexibility index (Phi) is 3.10. The van der Waals surface area contributed by atoms with Crippen LogP contribution in [0.25, 0.3) is 16.8 Å². The number of esters is 1. The van der Waals surface area contributed by atoms with Crippen LogP contribution in [-0.4, -0.2) is 26.5 Å². The SMILES string of the molecule is COC(=O)C1=Cc2ccc(OC)c3c(C=O)ccc(c23)O1. The van der Waals surface area contributed by atoms with E-state index in [1.165, 1.54) is 14.2 Å². The molecule has 0 amide bonds. The first-order valence-electron chi connectivity index (χ1n) is 6.26. The molecule has 2 aromatic carbocycles. The van der Waals surface area contributed by atoms with E-state index in [4.69, 9.17) is 9.47 Å². The highest BCUT2D eigenvalue weighted by molar-refractivity contribution is 6.10.